The molecule has 94 valence electrons. The van der Waals surface area contributed by atoms with Crippen molar-refractivity contribution in [3.05, 3.63) is 35.4 Å². The maximum Gasteiger partial charge on any atom is 0.0424 e. The highest BCUT2D eigenvalue weighted by atomic mass is 32.2. The second-order valence-electron chi connectivity index (χ2n) is 5.46. The smallest absolute Gasteiger partial charge is 0.0424 e. The maximum absolute atomic E-state index is 2.43. The maximum atomic E-state index is 2.43. The summed E-state index contributed by atoms with van der Waals surface area (Å²) in [6, 6.07) is 9.28. The molecule has 1 heterocycles. The van der Waals surface area contributed by atoms with Gasteiger partial charge in [0.2, 0.25) is 0 Å². The first-order valence-electron chi connectivity index (χ1n) is 6.54. The second-order valence-corrected chi connectivity index (χ2v) is 6.77. The molecule has 0 bridgehead atoms. The van der Waals surface area contributed by atoms with E-state index in [1.165, 1.54) is 36.4 Å². The summed E-state index contributed by atoms with van der Waals surface area (Å²) in [5, 5.41) is 0.668. The fourth-order valence-electron chi connectivity index (χ4n) is 2.32. The lowest BCUT2D eigenvalue weighted by molar-refractivity contribution is 0.347. The zero-order valence-corrected chi connectivity index (χ0v) is 12.0. The third-order valence-corrected chi connectivity index (χ3v) is 4.51. The number of hydrogen-bond acceptors (Lipinski definition) is 2. The lowest BCUT2D eigenvalue weighted by Crippen LogP contribution is -2.30. The van der Waals surface area contributed by atoms with Gasteiger partial charge in [0.25, 0.3) is 0 Å². The molecular formula is C15H23NS. The number of rotatable bonds is 3. The van der Waals surface area contributed by atoms with E-state index in [9.17, 15) is 0 Å². The number of nitrogens with zero attached hydrogens (tertiary/aromatic N) is 1. The third-order valence-electron chi connectivity index (χ3n) is 3.26. The number of likely N-dealkylation sites (N-methyl/N-ethyl adjacent to an activating group) is 1. The number of thioether (sulfide) groups is 1. The van der Waals surface area contributed by atoms with Crippen LogP contribution < -0.4 is 0 Å². The first-order chi connectivity index (χ1) is 8.15. The van der Waals surface area contributed by atoms with Crippen molar-refractivity contribution in [3.8, 4) is 0 Å². The van der Waals surface area contributed by atoms with Crippen LogP contribution in [0.3, 0.4) is 0 Å². The molecule has 2 heteroatoms. The van der Waals surface area contributed by atoms with Crippen LogP contribution in [0.4, 0.5) is 0 Å². The molecule has 0 amide bonds. The highest BCUT2D eigenvalue weighted by Gasteiger charge is 2.19. The first kappa shape index (κ1) is 13.0. The standard InChI is InChI=1S/C15H23NS/c1-12(2)10-13-4-6-14(7-5-13)15-11-16(3)8-9-17-15/h4-7,12,15H,8-11H2,1-3H3. The van der Waals surface area contributed by atoms with Crippen LogP contribution >= 0.6 is 11.8 Å². The van der Waals surface area contributed by atoms with Gasteiger partial charge in [0.1, 0.15) is 0 Å². The minimum Gasteiger partial charge on any atom is -0.304 e. The highest BCUT2D eigenvalue weighted by molar-refractivity contribution is 7.99. The highest BCUT2D eigenvalue weighted by Crippen LogP contribution is 2.32. The zero-order chi connectivity index (χ0) is 12.3. The van der Waals surface area contributed by atoms with Gasteiger partial charge in [0.15, 0.2) is 0 Å². The van der Waals surface area contributed by atoms with E-state index in [1.807, 2.05) is 0 Å². The van der Waals surface area contributed by atoms with E-state index in [1.54, 1.807) is 0 Å². The Morgan fingerprint density at radius 1 is 1.29 bits per heavy atom. The average molecular weight is 249 g/mol. The van der Waals surface area contributed by atoms with E-state index in [0.29, 0.717) is 5.25 Å². The Morgan fingerprint density at radius 2 is 2.00 bits per heavy atom. The van der Waals surface area contributed by atoms with Crippen molar-refractivity contribution in [2.45, 2.75) is 25.5 Å². The van der Waals surface area contributed by atoms with E-state index in [4.69, 9.17) is 0 Å². The summed E-state index contributed by atoms with van der Waals surface area (Å²) in [5.41, 5.74) is 2.96. The fraction of sp³-hybridized carbons (Fsp3) is 0.600. The van der Waals surface area contributed by atoms with Crippen LogP contribution in [0.15, 0.2) is 24.3 Å². The third kappa shape index (κ3) is 3.75. The summed E-state index contributed by atoms with van der Waals surface area (Å²) in [4.78, 5) is 2.43. The van der Waals surface area contributed by atoms with Gasteiger partial charge in [-0.3, -0.25) is 0 Å². The van der Waals surface area contributed by atoms with Crippen molar-refractivity contribution in [2.24, 2.45) is 5.92 Å². The summed E-state index contributed by atoms with van der Waals surface area (Å²) in [7, 11) is 2.22. The van der Waals surface area contributed by atoms with E-state index in [-0.39, 0.29) is 0 Å². The molecule has 1 unspecified atom stereocenters. The van der Waals surface area contributed by atoms with Crippen molar-refractivity contribution in [3.63, 3.8) is 0 Å². The van der Waals surface area contributed by atoms with Gasteiger partial charge in [-0.25, -0.2) is 0 Å². The molecule has 0 aromatic heterocycles. The van der Waals surface area contributed by atoms with Gasteiger partial charge in [-0.15, -0.1) is 0 Å². The van der Waals surface area contributed by atoms with E-state index in [0.717, 1.165) is 5.92 Å². The van der Waals surface area contributed by atoms with Crippen LogP contribution in [0, 0.1) is 5.92 Å². The Kier molecular flexibility index (Phi) is 4.52. The van der Waals surface area contributed by atoms with Crippen LogP contribution in [0.2, 0.25) is 0 Å². The fourth-order valence-corrected chi connectivity index (χ4v) is 3.73. The molecule has 1 aliphatic rings. The van der Waals surface area contributed by atoms with Gasteiger partial charge in [-0.2, -0.15) is 11.8 Å². The lowest BCUT2D eigenvalue weighted by atomic mass is 10.0. The largest absolute Gasteiger partial charge is 0.304 e. The molecule has 1 nitrogen and oxygen atoms in total. The Morgan fingerprint density at radius 3 is 2.59 bits per heavy atom. The van der Waals surface area contributed by atoms with E-state index < -0.39 is 0 Å². The first-order valence-corrected chi connectivity index (χ1v) is 7.59. The Hall–Kier alpha value is -0.470. The minimum atomic E-state index is 0.668. The van der Waals surface area contributed by atoms with Crippen molar-refractivity contribution >= 4 is 11.8 Å². The van der Waals surface area contributed by atoms with Gasteiger partial charge < -0.3 is 4.90 Å². The molecule has 1 saturated heterocycles. The minimum absolute atomic E-state index is 0.668. The molecule has 0 N–H and O–H groups in total. The summed E-state index contributed by atoms with van der Waals surface area (Å²) < 4.78 is 0. The van der Waals surface area contributed by atoms with Crippen molar-refractivity contribution in [2.75, 3.05) is 25.9 Å². The predicted octanol–water partition coefficient (Wildman–Crippen LogP) is 3.60. The Labute approximate surface area is 110 Å². The summed E-state index contributed by atoms with van der Waals surface area (Å²) in [5.74, 6) is 2.01. The molecule has 1 atom stereocenters. The summed E-state index contributed by atoms with van der Waals surface area (Å²) in [6.45, 7) is 6.97. The molecule has 0 saturated carbocycles. The number of benzene rings is 1. The summed E-state index contributed by atoms with van der Waals surface area (Å²) in [6.07, 6.45) is 1.19. The quantitative estimate of drug-likeness (QED) is 0.805. The SMILES string of the molecule is CC(C)Cc1ccc(C2CN(C)CCS2)cc1. The molecule has 2 rings (SSSR count). The van der Waals surface area contributed by atoms with Gasteiger partial charge in [-0.05, 0) is 30.5 Å². The van der Waals surface area contributed by atoms with Crippen molar-refractivity contribution < 1.29 is 0 Å². The molecule has 0 spiro atoms. The van der Waals surface area contributed by atoms with Crippen LogP contribution in [0.5, 0.6) is 0 Å². The lowest BCUT2D eigenvalue weighted by Gasteiger charge is -2.29. The van der Waals surface area contributed by atoms with Gasteiger partial charge >= 0.3 is 0 Å². The Balaban J connectivity index is 2.01. The molecule has 1 aliphatic heterocycles. The predicted molar refractivity (Wildman–Crippen MR) is 77.7 cm³/mol. The second kappa shape index (κ2) is 5.92. The monoisotopic (exact) mass is 249 g/mol. The van der Waals surface area contributed by atoms with Gasteiger partial charge in [0.05, 0.1) is 0 Å². The molecule has 17 heavy (non-hydrogen) atoms. The van der Waals surface area contributed by atoms with Crippen LogP contribution in [0.1, 0.15) is 30.2 Å². The zero-order valence-electron chi connectivity index (χ0n) is 11.1. The van der Waals surface area contributed by atoms with Crippen LogP contribution in [0.25, 0.3) is 0 Å². The van der Waals surface area contributed by atoms with Gasteiger partial charge in [-0.1, -0.05) is 38.1 Å². The molecular weight excluding hydrogens is 226 g/mol. The van der Waals surface area contributed by atoms with E-state index in [2.05, 4.69) is 61.8 Å². The summed E-state index contributed by atoms with van der Waals surface area (Å²) >= 11 is 2.10. The van der Waals surface area contributed by atoms with E-state index >= 15 is 0 Å². The van der Waals surface area contributed by atoms with Crippen molar-refractivity contribution in [1.82, 2.24) is 4.90 Å². The molecule has 0 aliphatic carbocycles. The Bertz CT molecular complexity index is 344. The average Bonchev–Trinajstić information content (AvgIpc) is 2.29. The van der Waals surface area contributed by atoms with Gasteiger partial charge in [0, 0.05) is 24.1 Å². The van der Waals surface area contributed by atoms with Crippen molar-refractivity contribution in [1.29, 1.82) is 0 Å². The molecule has 1 aromatic rings. The molecule has 0 radical (unpaired) electrons. The van der Waals surface area contributed by atoms with Crippen LogP contribution in [-0.2, 0) is 6.42 Å². The topological polar surface area (TPSA) is 3.24 Å². The molecule has 1 aromatic carbocycles. The van der Waals surface area contributed by atoms with Crippen LogP contribution in [-0.4, -0.2) is 30.8 Å². The number of hydrogen-bond donors (Lipinski definition) is 0. The molecule has 1 fully saturated rings. The normalized spacial score (nSPS) is 22.0.